The quantitative estimate of drug-likeness (QED) is 0.802. The number of aromatic nitrogens is 2. The Labute approximate surface area is 98.1 Å². The molecule has 0 aliphatic heterocycles. The van der Waals surface area contributed by atoms with Crippen LogP contribution in [0.2, 0.25) is 0 Å². The Morgan fingerprint density at radius 1 is 1.44 bits per heavy atom. The third-order valence-electron chi connectivity index (χ3n) is 3.91. The average Bonchev–Trinajstić information content (AvgIpc) is 2.90. The van der Waals surface area contributed by atoms with Crippen LogP contribution in [0.25, 0.3) is 0 Å². The molecule has 1 aliphatic carbocycles. The zero-order valence-electron chi connectivity index (χ0n) is 10.4. The Balaban J connectivity index is 1.75. The van der Waals surface area contributed by atoms with Crippen LogP contribution < -0.4 is 5.32 Å². The van der Waals surface area contributed by atoms with Crippen LogP contribution in [-0.2, 0) is 6.54 Å². The standard InChI is InChI=1S/C13H23N3/c1-13(2,11-5-3-4-6-11)9-14-7-12-8-15-10-16-12/h8,10-11,14H,3-7,9H2,1-2H3,(H,15,16). The highest BCUT2D eigenvalue weighted by Gasteiger charge is 2.31. The third-order valence-corrected chi connectivity index (χ3v) is 3.91. The van der Waals surface area contributed by atoms with Crippen molar-refractivity contribution in [1.29, 1.82) is 0 Å². The van der Waals surface area contributed by atoms with Crippen molar-refractivity contribution in [1.82, 2.24) is 15.3 Å². The van der Waals surface area contributed by atoms with Crippen LogP contribution in [0, 0.1) is 11.3 Å². The maximum Gasteiger partial charge on any atom is 0.0922 e. The van der Waals surface area contributed by atoms with Gasteiger partial charge >= 0.3 is 0 Å². The molecule has 0 spiro atoms. The van der Waals surface area contributed by atoms with Crippen molar-refractivity contribution in [3.8, 4) is 0 Å². The first kappa shape index (κ1) is 11.6. The van der Waals surface area contributed by atoms with Gasteiger partial charge in [0.05, 0.1) is 6.33 Å². The molecule has 3 heteroatoms. The number of hydrogen-bond acceptors (Lipinski definition) is 2. The Bertz CT molecular complexity index is 297. The summed E-state index contributed by atoms with van der Waals surface area (Å²) in [7, 11) is 0. The molecule has 16 heavy (non-hydrogen) atoms. The molecule has 0 amide bonds. The highest BCUT2D eigenvalue weighted by atomic mass is 14.9. The van der Waals surface area contributed by atoms with Crippen LogP contribution in [-0.4, -0.2) is 16.5 Å². The summed E-state index contributed by atoms with van der Waals surface area (Å²) < 4.78 is 0. The lowest BCUT2D eigenvalue weighted by Gasteiger charge is -2.31. The van der Waals surface area contributed by atoms with Crippen molar-refractivity contribution >= 4 is 0 Å². The smallest absolute Gasteiger partial charge is 0.0922 e. The summed E-state index contributed by atoms with van der Waals surface area (Å²) in [5, 5.41) is 3.53. The highest BCUT2D eigenvalue weighted by molar-refractivity contribution is 4.94. The molecule has 0 saturated heterocycles. The van der Waals surface area contributed by atoms with Crippen molar-refractivity contribution in [2.75, 3.05) is 6.54 Å². The molecule has 3 nitrogen and oxygen atoms in total. The van der Waals surface area contributed by atoms with E-state index in [2.05, 4.69) is 29.1 Å². The Kier molecular flexibility index (Phi) is 3.64. The number of nitrogens with one attached hydrogen (secondary N) is 2. The van der Waals surface area contributed by atoms with E-state index in [9.17, 15) is 0 Å². The van der Waals surface area contributed by atoms with E-state index in [0.717, 1.165) is 19.0 Å². The molecule has 1 saturated carbocycles. The van der Waals surface area contributed by atoms with Crippen molar-refractivity contribution < 1.29 is 0 Å². The fraction of sp³-hybridized carbons (Fsp3) is 0.769. The summed E-state index contributed by atoms with van der Waals surface area (Å²) >= 11 is 0. The maximum absolute atomic E-state index is 4.02. The minimum atomic E-state index is 0.427. The van der Waals surface area contributed by atoms with E-state index in [-0.39, 0.29) is 0 Å². The lowest BCUT2D eigenvalue weighted by atomic mass is 9.78. The molecule has 90 valence electrons. The summed E-state index contributed by atoms with van der Waals surface area (Å²) in [4.78, 5) is 7.14. The first-order chi connectivity index (χ1) is 7.68. The summed E-state index contributed by atoms with van der Waals surface area (Å²) in [6.07, 6.45) is 9.30. The highest BCUT2D eigenvalue weighted by Crippen LogP contribution is 2.38. The number of aromatic amines is 1. The largest absolute Gasteiger partial charge is 0.347 e. The Morgan fingerprint density at radius 3 is 2.81 bits per heavy atom. The minimum Gasteiger partial charge on any atom is -0.347 e. The van der Waals surface area contributed by atoms with Crippen molar-refractivity contribution in [3.05, 3.63) is 18.2 Å². The van der Waals surface area contributed by atoms with E-state index in [1.165, 1.54) is 31.4 Å². The predicted octanol–water partition coefficient (Wildman–Crippen LogP) is 2.72. The van der Waals surface area contributed by atoms with E-state index in [1.54, 1.807) is 6.33 Å². The van der Waals surface area contributed by atoms with Gasteiger partial charge in [-0.05, 0) is 24.2 Å². The van der Waals surface area contributed by atoms with Gasteiger partial charge in [-0.1, -0.05) is 26.7 Å². The number of nitrogens with zero attached hydrogens (tertiary/aromatic N) is 1. The van der Waals surface area contributed by atoms with Gasteiger partial charge in [0.25, 0.3) is 0 Å². The zero-order chi connectivity index (χ0) is 11.4. The normalized spacial score (nSPS) is 18.1. The van der Waals surface area contributed by atoms with E-state index < -0.39 is 0 Å². The van der Waals surface area contributed by atoms with E-state index >= 15 is 0 Å². The van der Waals surface area contributed by atoms with Gasteiger partial charge in [0.2, 0.25) is 0 Å². The zero-order valence-corrected chi connectivity index (χ0v) is 10.4. The number of rotatable bonds is 5. The van der Waals surface area contributed by atoms with Gasteiger partial charge in [-0.15, -0.1) is 0 Å². The summed E-state index contributed by atoms with van der Waals surface area (Å²) in [6, 6.07) is 0. The molecule has 1 aliphatic rings. The van der Waals surface area contributed by atoms with Crippen molar-refractivity contribution in [2.24, 2.45) is 11.3 Å². The van der Waals surface area contributed by atoms with E-state index in [0.29, 0.717) is 5.41 Å². The van der Waals surface area contributed by atoms with Crippen molar-refractivity contribution in [2.45, 2.75) is 46.1 Å². The summed E-state index contributed by atoms with van der Waals surface area (Å²) in [5.74, 6) is 0.904. The molecule has 1 aromatic rings. The SMILES string of the molecule is CC(C)(CNCc1cnc[nH]1)C1CCCC1. The van der Waals surface area contributed by atoms with Crippen LogP contribution in [0.5, 0.6) is 0 Å². The van der Waals surface area contributed by atoms with Crippen molar-refractivity contribution in [3.63, 3.8) is 0 Å². The van der Waals surface area contributed by atoms with Gasteiger partial charge in [-0.25, -0.2) is 4.98 Å². The monoisotopic (exact) mass is 221 g/mol. The van der Waals surface area contributed by atoms with Gasteiger partial charge in [0.1, 0.15) is 0 Å². The molecule has 2 N–H and O–H groups in total. The molecule has 2 rings (SSSR count). The van der Waals surface area contributed by atoms with Gasteiger partial charge in [0, 0.05) is 25.0 Å². The molecule has 0 radical (unpaired) electrons. The fourth-order valence-electron chi connectivity index (χ4n) is 2.75. The molecule has 0 atom stereocenters. The summed E-state index contributed by atoms with van der Waals surface area (Å²) in [5.41, 5.74) is 1.60. The second-order valence-corrected chi connectivity index (χ2v) is 5.65. The Hall–Kier alpha value is -0.830. The second kappa shape index (κ2) is 5.00. The number of H-pyrrole nitrogens is 1. The molecule has 1 heterocycles. The second-order valence-electron chi connectivity index (χ2n) is 5.65. The minimum absolute atomic E-state index is 0.427. The average molecular weight is 221 g/mol. The van der Waals surface area contributed by atoms with Crippen LogP contribution >= 0.6 is 0 Å². The van der Waals surface area contributed by atoms with Crippen LogP contribution in [0.1, 0.15) is 45.2 Å². The van der Waals surface area contributed by atoms with Crippen LogP contribution in [0.15, 0.2) is 12.5 Å². The molecule has 0 unspecified atom stereocenters. The topological polar surface area (TPSA) is 40.7 Å². The first-order valence-corrected chi connectivity index (χ1v) is 6.36. The summed E-state index contributed by atoms with van der Waals surface area (Å²) in [6.45, 7) is 6.78. The third kappa shape index (κ3) is 2.85. The predicted molar refractivity (Wildman–Crippen MR) is 66.0 cm³/mol. The lowest BCUT2D eigenvalue weighted by molar-refractivity contribution is 0.207. The molecule has 1 aromatic heterocycles. The molecular weight excluding hydrogens is 198 g/mol. The fourth-order valence-corrected chi connectivity index (χ4v) is 2.75. The molecule has 0 aromatic carbocycles. The first-order valence-electron chi connectivity index (χ1n) is 6.36. The number of imidazole rings is 1. The van der Waals surface area contributed by atoms with Gasteiger partial charge in [-0.2, -0.15) is 0 Å². The number of hydrogen-bond donors (Lipinski definition) is 2. The van der Waals surface area contributed by atoms with Gasteiger partial charge in [0.15, 0.2) is 0 Å². The maximum atomic E-state index is 4.02. The molecule has 0 bridgehead atoms. The Morgan fingerprint density at radius 2 is 2.19 bits per heavy atom. The van der Waals surface area contributed by atoms with Gasteiger partial charge < -0.3 is 10.3 Å². The van der Waals surface area contributed by atoms with Gasteiger partial charge in [-0.3, -0.25) is 0 Å². The van der Waals surface area contributed by atoms with E-state index in [4.69, 9.17) is 0 Å². The van der Waals surface area contributed by atoms with Crippen LogP contribution in [0.3, 0.4) is 0 Å². The molecule has 1 fully saturated rings. The lowest BCUT2D eigenvalue weighted by Crippen LogP contribution is -2.34. The molecular formula is C13H23N3. The van der Waals surface area contributed by atoms with Crippen LogP contribution in [0.4, 0.5) is 0 Å². The van der Waals surface area contributed by atoms with E-state index in [1.807, 2.05) is 6.20 Å².